The van der Waals surface area contributed by atoms with E-state index in [4.69, 9.17) is 23.2 Å². The molecule has 0 aliphatic heterocycles. The van der Waals surface area contributed by atoms with Crippen LogP contribution in [0.1, 0.15) is 38.1 Å². The van der Waals surface area contributed by atoms with Crippen molar-refractivity contribution < 1.29 is 10.2 Å². The molecule has 3 N–H and O–H groups in total. The second kappa shape index (κ2) is 5.81. The Hall–Kier alpha value is -1.01. The van der Waals surface area contributed by atoms with Crippen molar-refractivity contribution in [3.8, 4) is 0 Å². The molecule has 0 saturated heterocycles. The lowest BCUT2D eigenvalue weighted by Gasteiger charge is -2.34. The Morgan fingerprint density at radius 2 is 1.83 bits per heavy atom. The van der Waals surface area contributed by atoms with E-state index < -0.39 is 12.2 Å². The second-order valence-electron chi connectivity index (χ2n) is 6.54. The minimum absolute atomic E-state index is 0.220. The number of aromatic nitrogens is 2. The average Bonchev–Trinajstić information content (AvgIpc) is 3.26. The molecular weight excluding hydrogens is 337 g/mol. The van der Waals surface area contributed by atoms with Gasteiger partial charge in [0.1, 0.15) is 6.10 Å². The van der Waals surface area contributed by atoms with Crippen molar-refractivity contribution in [2.45, 2.75) is 56.4 Å². The maximum absolute atomic E-state index is 10.5. The fraction of sp³-hybridized carbons (Fsp3) is 0.562. The number of hydrogen-bond acceptors (Lipinski definition) is 4. The monoisotopic (exact) mass is 355 g/mol. The molecule has 0 radical (unpaired) electrons. The molecule has 1 heterocycles. The van der Waals surface area contributed by atoms with Gasteiger partial charge in [-0.1, -0.05) is 23.2 Å². The van der Waals surface area contributed by atoms with Crippen LogP contribution in [0.25, 0.3) is 11.0 Å². The number of halogens is 2. The molecule has 0 spiro atoms. The molecule has 2 aliphatic rings. The zero-order valence-corrected chi connectivity index (χ0v) is 14.1. The molecule has 23 heavy (non-hydrogen) atoms. The van der Waals surface area contributed by atoms with Crippen molar-refractivity contribution in [2.75, 3.05) is 5.32 Å². The van der Waals surface area contributed by atoms with Crippen LogP contribution in [0.5, 0.6) is 0 Å². The number of benzene rings is 1. The average molecular weight is 356 g/mol. The minimum Gasteiger partial charge on any atom is -0.390 e. The number of nitrogens with one attached hydrogen (secondary N) is 1. The van der Waals surface area contributed by atoms with Gasteiger partial charge in [-0.05, 0) is 44.2 Å². The Bertz CT molecular complexity index is 744. The van der Waals surface area contributed by atoms with E-state index in [1.54, 1.807) is 12.1 Å². The summed E-state index contributed by atoms with van der Waals surface area (Å²) in [7, 11) is 0. The summed E-state index contributed by atoms with van der Waals surface area (Å²) in [5.74, 6) is 0.721. The largest absolute Gasteiger partial charge is 0.390 e. The van der Waals surface area contributed by atoms with Gasteiger partial charge in [0.2, 0.25) is 5.95 Å². The normalized spacial score (nSPS) is 28.3. The van der Waals surface area contributed by atoms with Gasteiger partial charge in [0.25, 0.3) is 0 Å². The summed E-state index contributed by atoms with van der Waals surface area (Å²) >= 11 is 12.3. The number of aliphatic hydroxyl groups excluding tert-OH is 2. The van der Waals surface area contributed by atoms with E-state index in [0.29, 0.717) is 22.5 Å². The van der Waals surface area contributed by atoms with Gasteiger partial charge < -0.3 is 20.1 Å². The Labute approximate surface area is 144 Å². The Balaban J connectivity index is 1.85. The van der Waals surface area contributed by atoms with Gasteiger partial charge in [0.05, 0.1) is 33.2 Å². The molecule has 7 heteroatoms. The number of anilines is 1. The van der Waals surface area contributed by atoms with Gasteiger partial charge in [0.15, 0.2) is 0 Å². The Morgan fingerprint density at radius 3 is 2.57 bits per heavy atom. The van der Waals surface area contributed by atoms with Crippen LogP contribution in [-0.2, 0) is 0 Å². The van der Waals surface area contributed by atoms with Crippen molar-refractivity contribution in [1.82, 2.24) is 9.55 Å². The van der Waals surface area contributed by atoms with E-state index in [9.17, 15) is 10.2 Å². The molecule has 1 aromatic heterocycles. The van der Waals surface area contributed by atoms with E-state index in [1.807, 2.05) is 4.57 Å². The van der Waals surface area contributed by atoms with Gasteiger partial charge in [-0.3, -0.25) is 0 Å². The molecule has 2 fully saturated rings. The van der Waals surface area contributed by atoms with Crippen LogP contribution < -0.4 is 5.32 Å². The van der Waals surface area contributed by atoms with Gasteiger partial charge >= 0.3 is 0 Å². The molecule has 3 unspecified atom stereocenters. The fourth-order valence-corrected chi connectivity index (χ4v) is 3.67. The number of nitrogens with zero attached hydrogens (tertiary/aromatic N) is 2. The van der Waals surface area contributed by atoms with Crippen molar-refractivity contribution in [2.24, 2.45) is 0 Å². The third-order valence-electron chi connectivity index (χ3n) is 4.76. The van der Waals surface area contributed by atoms with Gasteiger partial charge in [-0.15, -0.1) is 0 Å². The summed E-state index contributed by atoms with van der Waals surface area (Å²) in [5.41, 5.74) is 1.58. The summed E-state index contributed by atoms with van der Waals surface area (Å²) in [6.07, 6.45) is 3.03. The molecular formula is C16H19Cl2N3O2. The standard InChI is InChI=1S/C16H19Cl2N3O2/c17-9-6-11-13(7-10(9)18)21(16(20-11)19-8-4-5-8)12-2-1-3-14(22)15(12)23/h6-8,12,14-15,22-23H,1-5H2,(H,19,20). The number of imidazole rings is 1. The molecule has 1 aromatic carbocycles. The van der Waals surface area contributed by atoms with Crippen LogP contribution in [0, 0.1) is 0 Å². The highest BCUT2D eigenvalue weighted by Crippen LogP contribution is 2.38. The molecule has 0 amide bonds. The highest BCUT2D eigenvalue weighted by molar-refractivity contribution is 6.42. The molecule has 5 nitrogen and oxygen atoms in total. The van der Waals surface area contributed by atoms with Crippen LogP contribution in [0.4, 0.5) is 5.95 Å². The van der Waals surface area contributed by atoms with Crippen LogP contribution in [0.3, 0.4) is 0 Å². The van der Waals surface area contributed by atoms with Gasteiger partial charge in [-0.2, -0.15) is 0 Å². The number of rotatable bonds is 3. The van der Waals surface area contributed by atoms with Crippen molar-refractivity contribution >= 4 is 40.2 Å². The highest BCUT2D eigenvalue weighted by atomic mass is 35.5. The zero-order chi connectivity index (χ0) is 16.1. The predicted octanol–water partition coefficient (Wildman–Crippen LogP) is 3.36. The van der Waals surface area contributed by atoms with Gasteiger partial charge in [-0.25, -0.2) is 4.98 Å². The predicted molar refractivity (Wildman–Crippen MR) is 91.3 cm³/mol. The number of hydrogen-bond donors (Lipinski definition) is 3. The van der Waals surface area contributed by atoms with E-state index in [1.165, 1.54) is 0 Å². The van der Waals surface area contributed by atoms with E-state index in [2.05, 4.69) is 10.3 Å². The molecule has 3 atom stereocenters. The first-order valence-corrected chi connectivity index (χ1v) is 8.80. The minimum atomic E-state index is -0.810. The number of aliphatic hydroxyl groups is 2. The molecule has 0 bridgehead atoms. The quantitative estimate of drug-likeness (QED) is 0.789. The summed E-state index contributed by atoms with van der Waals surface area (Å²) in [4.78, 5) is 4.65. The maximum Gasteiger partial charge on any atom is 0.204 e. The maximum atomic E-state index is 10.5. The lowest BCUT2D eigenvalue weighted by Crippen LogP contribution is -2.39. The van der Waals surface area contributed by atoms with Crippen molar-refractivity contribution in [1.29, 1.82) is 0 Å². The third-order valence-corrected chi connectivity index (χ3v) is 5.48. The molecule has 124 valence electrons. The van der Waals surface area contributed by atoms with Crippen LogP contribution >= 0.6 is 23.2 Å². The first kappa shape index (κ1) is 15.5. The lowest BCUT2D eigenvalue weighted by atomic mass is 9.90. The first-order valence-electron chi connectivity index (χ1n) is 8.04. The summed E-state index contributed by atoms with van der Waals surface area (Å²) in [5, 5.41) is 24.9. The van der Waals surface area contributed by atoms with E-state index in [-0.39, 0.29) is 6.04 Å². The lowest BCUT2D eigenvalue weighted by molar-refractivity contribution is -0.0381. The zero-order valence-electron chi connectivity index (χ0n) is 12.5. The fourth-order valence-electron chi connectivity index (χ4n) is 3.35. The van der Waals surface area contributed by atoms with Crippen molar-refractivity contribution in [3.05, 3.63) is 22.2 Å². The van der Waals surface area contributed by atoms with Crippen LogP contribution in [-0.4, -0.2) is 38.0 Å². The smallest absolute Gasteiger partial charge is 0.204 e. The Kier molecular flexibility index (Phi) is 3.92. The summed E-state index contributed by atoms with van der Waals surface area (Å²) in [6.45, 7) is 0. The summed E-state index contributed by atoms with van der Waals surface area (Å²) < 4.78 is 1.99. The molecule has 2 saturated carbocycles. The SMILES string of the molecule is OC1CCCC(n2c(NC3CC3)nc3cc(Cl)c(Cl)cc32)C1O. The third kappa shape index (κ3) is 2.80. The van der Waals surface area contributed by atoms with Gasteiger partial charge in [0, 0.05) is 6.04 Å². The highest BCUT2D eigenvalue weighted by Gasteiger charge is 2.35. The van der Waals surface area contributed by atoms with Crippen molar-refractivity contribution in [3.63, 3.8) is 0 Å². The number of fused-ring (bicyclic) bond motifs is 1. The topological polar surface area (TPSA) is 70.3 Å². The first-order chi connectivity index (χ1) is 11.0. The molecule has 2 aliphatic carbocycles. The van der Waals surface area contributed by atoms with E-state index >= 15 is 0 Å². The Morgan fingerprint density at radius 1 is 1.09 bits per heavy atom. The van der Waals surface area contributed by atoms with E-state index in [0.717, 1.165) is 42.7 Å². The van der Waals surface area contributed by atoms with Crippen LogP contribution in [0.15, 0.2) is 12.1 Å². The molecule has 4 rings (SSSR count). The molecule has 2 aromatic rings. The summed E-state index contributed by atoms with van der Waals surface area (Å²) in [6, 6.07) is 3.75. The van der Waals surface area contributed by atoms with Crippen LogP contribution in [0.2, 0.25) is 10.0 Å². The second-order valence-corrected chi connectivity index (χ2v) is 7.35.